The lowest BCUT2D eigenvalue weighted by molar-refractivity contribution is 1.58. The topological polar surface area (TPSA) is 0 Å². The van der Waals surface area contributed by atoms with Crippen LogP contribution in [0.3, 0.4) is 0 Å². The molecule has 1 heterocycles. The highest BCUT2D eigenvalue weighted by Crippen LogP contribution is 2.23. The SMILES string of the molecule is CC1=C[PH2+]C=C1. The third-order valence-electron chi connectivity index (χ3n) is 0.829. The van der Waals surface area contributed by atoms with Crippen molar-refractivity contribution in [1.29, 1.82) is 0 Å². The number of allylic oxidation sites excluding steroid dienone is 2. The predicted octanol–water partition coefficient (Wildman–Crippen LogP) is 1.83. The van der Waals surface area contributed by atoms with E-state index in [0.29, 0.717) is 8.58 Å². The molecule has 0 saturated heterocycles. The van der Waals surface area contributed by atoms with Gasteiger partial charge in [-0.15, -0.1) is 0 Å². The van der Waals surface area contributed by atoms with Gasteiger partial charge >= 0.3 is 0 Å². The Morgan fingerprint density at radius 2 is 2.50 bits per heavy atom. The van der Waals surface area contributed by atoms with E-state index in [1.165, 1.54) is 5.57 Å². The Kier molecular flexibility index (Phi) is 1.07. The van der Waals surface area contributed by atoms with Crippen molar-refractivity contribution in [2.24, 2.45) is 0 Å². The minimum absolute atomic E-state index is 0.550. The van der Waals surface area contributed by atoms with Crippen molar-refractivity contribution in [3.8, 4) is 0 Å². The van der Waals surface area contributed by atoms with Gasteiger partial charge in [0.25, 0.3) is 0 Å². The molecule has 6 heavy (non-hydrogen) atoms. The molecule has 0 radical (unpaired) electrons. The molecule has 0 spiro atoms. The summed E-state index contributed by atoms with van der Waals surface area (Å²) in [5, 5.41) is 0. The number of rotatable bonds is 0. The zero-order chi connectivity index (χ0) is 4.41. The average molecular weight is 99.1 g/mol. The van der Waals surface area contributed by atoms with Gasteiger partial charge in [0.2, 0.25) is 0 Å². The quantitative estimate of drug-likeness (QED) is 0.406. The van der Waals surface area contributed by atoms with E-state index in [1.54, 1.807) is 0 Å². The summed E-state index contributed by atoms with van der Waals surface area (Å²) in [6, 6.07) is 0. The predicted molar refractivity (Wildman–Crippen MR) is 32.6 cm³/mol. The largest absolute Gasteiger partial charge is 0.0614 e. The summed E-state index contributed by atoms with van der Waals surface area (Å²) in [5.74, 6) is 4.54. The van der Waals surface area contributed by atoms with Gasteiger partial charge in [-0.1, -0.05) is 0 Å². The summed E-state index contributed by atoms with van der Waals surface area (Å²) in [4.78, 5) is 0. The van der Waals surface area contributed by atoms with Gasteiger partial charge in [0.15, 0.2) is 0 Å². The summed E-state index contributed by atoms with van der Waals surface area (Å²) in [7, 11) is 0.550. The third kappa shape index (κ3) is 0.693. The maximum absolute atomic E-state index is 2.29. The summed E-state index contributed by atoms with van der Waals surface area (Å²) < 4.78 is 0. The summed E-state index contributed by atoms with van der Waals surface area (Å²) in [6.45, 7) is 2.14. The van der Waals surface area contributed by atoms with Crippen molar-refractivity contribution >= 4 is 8.58 Å². The van der Waals surface area contributed by atoms with Crippen molar-refractivity contribution in [3.63, 3.8) is 0 Å². The molecule has 1 aliphatic heterocycles. The normalized spacial score (nSPS) is 22.5. The first-order valence-corrected chi connectivity index (χ1v) is 3.41. The fraction of sp³-hybridized carbons (Fsp3) is 0.200. The van der Waals surface area contributed by atoms with Crippen LogP contribution in [0.2, 0.25) is 0 Å². The van der Waals surface area contributed by atoms with Crippen LogP contribution in [0.5, 0.6) is 0 Å². The Morgan fingerprint density at radius 1 is 1.67 bits per heavy atom. The minimum Gasteiger partial charge on any atom is -0.0364 e. The second kappa shape index (κ2) is 1.57. The van der Waals surface area contributed by atoms with Crippen molar-refractivity contribution in [1.82, 2.24) is 0 Å². The van der Waals surface area contributed by atoms with Gasteiger partial charge in [0.1, 0.15) is 0 Å². The van der Waals surface area contributed by atoms with Gasteiger partial charge in [0, 0.05) is 8.58 Å². The molecular weight excluding hydrogens is 91.0 g/mol. The molecule has 1 heteroatoms. The lowest BCUT2D eigenvalue weighted by Crippen LogP contribution is -1.50. The summed E-state index contributed by atoms with van der Waals surface area (Å²) in [5.41, 5.74) is 1.44. The monoisotopic (exact) mass is 99.0 g/mol. The third-order valence-corrected chi connectivity index (χ3v) is 1.96. The average Bonchev–Trinajstić information content (AvgIpc) is 1.86. The molecule has 0 aliphatic carbocycles. The first-order chi connectivity index (χ1) is 2.89. The molecule has 0 bridgehead atoms. The molecule has 0 nitrogen and oxygen atoms in total. The van der Waals surface area contributed by atoms with Gasteiger partial charge in [0.05, 0.1) is 11.6 Å². The van der Waals surface area contributed by atoms with Gasteiger partial charge in [-0.05, 0) is 18.6 Å². The maximum Gasteiger partial charge on any atom is 0.0614 e. The van der Waals surface area contributed by atoms with Crippen LogP contribution in [0.1, 0.15) is 6.92 Å². The highest BCUT2D eigenvalue weighted by Gasteiger charge is 1.91. The van der Waals surface area contributed by atoms with Crippen LogP contribution < -0.4 is 0 Å². The van der Waals surface area contributed by atoms with Crippen LogP contribution in [0, 0.1) is 0 Å². The van der Waals surface area contributed by atoms with Crippen LogP contribution in [-0.2, 0) is 0 Å². The van der Waals surface area contributed by atoms with E-state index in [2.05, 4.69) is 24.6 Å². The highest BCUT2D eigenvalue weighted by atomic mass is 31.1. The van der Waals surface area contributed by atoms with E-state index in [0.717, 1.165) is 0 Å². The number of hydrogen-bond acceptors (Lipinski definition) is 0. The van der Waals surface area contributed by atoms with E-state index in [4.69, 9.17) is 0 Å². The first-order valence-electron chi connectivity index (χ1n) is 2.08. The Bertz CT molecular complexity index is 97.8. The molecule has 0 aromatic rings. The molecule has 32 valence electrons. The fourth-order valence-electron chi connectivity index (χ4n) is 0.470. The van der Waals surface area contributed by atoms with Crippen molar-refractivity contribution < 1.29 is 0 Å². The van der Waals surface area contributed by atoms with Gasteiger partial charge in [-0.3, -0.25) is 0 Å². The molecule has 1 aliphatic rings. The van der Waals surface area contributed by atoms with E-state index in [-0.39, 0.29) is 0 Å². The minimum atomic E-state index is 0.550. The van der Waals surface area contributed by atoms with E-state index in [9.17, 15) is 0 Å². The van der Waals surface area contributed by atoms with E-state index >= 15 is 0 Å². The van der Waals surface area contributed by atoms with Crippen LogP contribution in [0.15, 0.2) is 23.3 Å². The van der Waals surface area contributed by atoms with Crippen LogP contribution in [-0.4, -0.2) is 0 Å². The lowest BCUT2D eigenvalue weighted by atomic mass is 10.4. The zero-order valence-corrected chi connectivity index (χ0v) is 4.96. The van der Waals surface area contributed by atoms with Crippen LogP contribution in [0.4, 0.5) is 0 Å². The maximum atomic E-state index is 2.29. The standard InChI is InChI=1S/C5H7P/c1-5-2-3-6-4-5/h2-4,6H,1H3/p+1. The second-order valence-corrected chi connectivity index (χ2v) is 2.57. The molecule has 0 aromatic heterocycles. The fourth-order valence-corrected chi connectivity index (χ4v) is 1.41. The van der Waals surface area contributed by atoms with Crippen LogP contribution in [0.25, 0.3) is 0 Å². The molecule has 0 fully saturated rings. The van der Waals surface area contributed by atoms with Crippen molar-refractivity contribution in [2.75, 3.05) is 0 Å². The second-order valence-electron chi connectivity index (χ2n) is 1.46. The zero-order valence-electron chi connectivity index (χ0n) is 3.81. The molecule has 0 amide bonds. The van der Waals surface area contributed by atoms with Gasteiger partial charge in [-0.25, -0.2) is 0 Å². The molecular formula is C5H8P+. The Labute approximate surface area is 39.7 Å². The molecule has 0 N–H and O–H groups in total. The van der Waals surface area contributed by atoms with Gasteiger partial charge < -0.3 is 0 Å². The Hall–Kier alpha value is -0.0900. The van der Waals surface area contributed by atoms with E-state index < -0.39 is 0 Å². The lowest BCUT2D eigenvalue weighted by Gasteiger charge is -1.67. The molecule has 0 saturated carbocycles. The smallest absolute Gasteiger partial charge is 0.0364 e. The van der Waals surface area contributed by atoms with Crippen molar-refractivity contribution in [2.45, 2.75) is 6.92 Å². The van der Waals surface area contributed by atoms with Gasteiger partial charge in [-0.2, -0.15) is 0 Å². The summed E-state index contributed by atoms with van der Waals surface area (Å²) >= 11 is 0. The first kappa shape index (κ1) is 4.08. The highest BCUT2D eigenvalue weighted by molar-refractivity contribution is 7.45. The number of hydrogen-bond donors (Lipinski definition) is 0. The molecule has 1 rings (SSSR count). The molecule has 0 aromatic carbocycles. The van der Waals surface area contributed by atoms with E-state index in [1.807, 2.05) is 0 Å². The Morgan fingerprint density at radius 3 is 2.67 bits per heavy atom. The van der Waals surface area contributed by atoms with Crippen molar-refractivity contribution in [3.05, 3.63) is 23.3 Å². The molecule has 1 atom stereocenters. The van der Waals surface area contributed by atoms with Crippen LogP contribution >= 0.6 is 8.58 Å². The Balaban J connectivity index is 2.68. The molecule has 1 unspecified atom stereocenters. The summed E-state index contributed by atoms with van der Waals surface area (Å²) in [6.07, 6.45) is 2.18.